The normalized spacial score (nSPS) is 14.5. The number of para-hydroxylation sites is 1. The predicted octanol–water partition coefficient (Wildman–Crippen LogP) is 5.27. The highest BCUT2D eigenvalue weighted by Gasteiger charge is 2.19. The van der Waals surface area contributed by atoms with E-state index in [0.29, 0.717) is 27.8 Å². The van der Waals surface area contributed by atoms with Gasteiger partial charge in [0.05, 0.1) is 17.0 Å². The van der Waals surface area contributed by atoms with E-state index in [-0.39, 0.29) is 17.9 Å². The lowest BCUT2D eigenvalue weighted by atomic mass is 9.95. The molecule has 0 saturated heterocycles. The van der Waals surface area contributed by atoms with Crippen LogP contribution in [0.25, 0.3) is 0 Å². The zero-order valence-electron chi connectivity index (χ0n) is 15.7. The molecule has 3 rings (SSSR count). The van der Waals surface area contributed by atoms with Crippen molar-refractivity contribution in [2.24, 2.45) is 0 Å². The molecule has 0 aliphatic heterocycles. The van der Waals surface area contributed by atoms with Gasteiger partial charge in [-0.15, -0.1) is 11.8 Å². The average molecular weight is 417 g/mol. The molecule has 1 saturated carbocycles. The van der Waals surface area contributed by atoms with Gasteiger partial charge in [-0.2, -0.15) is 0 Å². The van der Waals surface area contributed by atoms with Crippen LogP contribution in [0.2, 0.25) is 5.02 Å². The van der Waals surface area contributed by atoms with Gasteiger partial charge in [0.2, 0.25) is 5.91 Å². The minimum absolute atomic E-state index is 0.116. The summed E-state index contributed by atoms with van der Waals surface area (Å²) in [4.78, 5) is 25.0. The van der Waals surface area contributed by atoms with Crippen molar-refractivity contribution in [3.63, 3.8) is 0 Å². The van der Waals surface area contributed by atoms with Crippen LogP contribution in [0.4, 0.5) is 5.69 Å². The zero-order valence-corrected chi connectivity index (χ0v) is 17.3. The van der Waals surface area contributed by atoms with Gasteiger partial charge < -0.3 is 10.6 Å². The first-order chi connectivity index (χ1) is 13.6. The summed E-state index contributed by atoms with van der Waals surface area (Å²) in [5.41, 5.74) is 2.16. The summed E-state index contributed by atoms with van der Waals surface area (Å²) in [5.74, 6) is 0.780. The molecule has 6 heteroatoms. The summed E-state index contributed by atoms with van der Waals surface area (Å²) < 4.78 is 0. The molecule has 2 aromatic carbocycles. The summed E-state index contributed by atoms with van der Waals surface area (Å²) in [6, 6.07) is 15.0. The van der Waals surface area contributed by atoms with Gasteiger partial charge in [0.25, 0.3) is 5.91 Å². The van der Waals surface area contributed by atoms with Crippen LogP contribution in [0.1, 0.15) is 48.0 Å². The molecule has 1 aliphatic rings. The molecule has 0 radical (unpaired) electrons. The Hall–Kier alpha value is -1.98. The molecule has 0 bridgehead atoms. The smallest absolute Gasteiger partial charge is 0.253 e. The molecular weight excluding hydrogens is 392 g/mol. The van der Waals surface area contributed by atoms with Crippen LogP contribution in [0, 0.1) is 0 Å². The van der Waals surface area contributed by atoms with Crippen molar-refractivity contribution in [1.29, 1.82) is 0 Å². The van der Waals surface area contributed by atoms with Gasteiger partial charge in [-0.25, -0.2) is 0 Å². The topological polar surface area (TPSA) is 58.2 Å². The molecule has 0 unspecified atom stereocenters. The summed E-state index contributed by atoms with van der Waals surface area (Å²) in [7, 11) is 0. The first kappa shape index (κ1) is 20.7. The van der Waals surface area contributed by atoms with Crippen molar-refractivity contribution in [2.45, 2.75) is 43.9 Å². The van der Waals surface area contributed by atoms with Crippen molar-refractivity contribution < 1.29 is 9.59 Å². The number of halogens is 1. The number of anilines is 1. The monoisotopic (exact) mass is 416 g/mol. The van der Waals surface area contributed by atoms with Crippen LogP contribution in [-0.4, -0.2) is 23.6 Å². The number of benzene rings is 2. The molecule has 28 heavy (non-hydrogen) atoms. The van der Waals surface area contributed by atoms with Crippen molar-refractivity contribution >= 4 is 40.9 Å². The number of amides is 2. The molecule has 0 aromatic heterocycles. The number of hydrogen-bond donors (Lipinski definition) is 2. The number of rotatable bonds is 7. The van der Waals surface area contributed by atoms with Crippen molar-refractivity contribution in [1.82, 2.24) is 5.32 Å². The summed E-state index contributed by atoms with van der Waals surface area (Å²) in [6.45, 7) is 0. The maximum atomic E-state index is 12.7. The van der Waals surface area contributed by atoms with Crippen molar-refractivity contribution in [3.8, 4) is 0 Å². The summed E-state index contributed by atoms with van der Waals surface area (Å²) in [5, 5.41) is 6.69. The van der Waals surface area contributed by atoms with E-state index in [1.165, 1.54) is 18.2 Å². The third-order valence-corrected chi connectivity index (χ3v) is 6.02. The Morgan fingerprint density at radius 2 is 1.82 bits per heavy atom. The maximum Gasteiger partial charge on any atom is 0.253 e. The largest absolute Gasteiger partial charge is 0.349 e. The molecule has 1 fully saturated rings. The molecule has 0 atom stereocenters. The number of thioether (sulfide) groups is 1. The molecule has 2 amide bonds. The Balaban J connectivity index is 1.53. The van der Waals surface area contributed by atoms with E-state index in [1.807, 2.05) is 36.4 Å². The second-order valence-electron chi connectivity index (χ2n) is 7.02. The third kappa shape index (κ3) is 6.28. The Kier molecular flexibility index (Phi) is 7.80. The molecule has 148 valence electrons. The number of carbonyl (C=O) groups excluding carboxylic acids is 2. The predicted molar refractivity (Wildman–Crippen MR) is 117 cm³/mol. The van der Waals surface area contributed by atoms with Gasteiger partial charge in [0.15, 0.2) is 0 Å². The lowest BCUT2D eigenvalue weighted by Crippen LogP contribution is -2.36. The summed E-state index contributed by atoms with van der Waals surface area (Å²) in [6.07, 6.45) is 5.62. The van der Waals surface area contributed by atoms with Crippen LogP contribution in [-0.2, 0) is 10.5 Å². The SMILES string of the molecule is O=C(CSCc1cccc(Cl)c1)Nc1ccccc1C(=O)NC1CCCCC1. The number of carbonyl (C=O) groups is 2. The molecule has 1 aliphatic carbocycles. The molecule has 2 N–H and O–H groups in total. The standard InChI is InChI=1S/C22H25ClN2O2S/c23-17-8-6-7-16(13-17)14-28-15-21(26)25-20-12-5-4-11-19(20)22(27)24-18-9-2-1-3-10-18/h4-8,11-13,18H,1-3,9-10,14-15H2,(H,24,27)(H,25,26). The Morgan fingerprint density at radius 1 is 1.04 bits per heavy atom. The maximum absolute atomic E-state index is 12.7. The fraction of sp³-hybridized carbons (Fsp3) is 0.364. The molecule has 4 nitrogen and oxygen atoms in total. The van der Waals surface area contributed by atoms with Gasteiger partial charge in [0.1, 0.15) is 0 Å². The van der Waals surface area contributed by atoms with Crippen LogP contribution < -0.4 is 10.6 Å². The van der Waals surface area contributed by atoms with Crippen LogP contribution in [0.5, 0.6) is 0 Å². The zero-order chi connectivity index (χ0) is 19.8. The Morgan fingerprint density at radius 3 is 2.61 bits per heavy atom. The van der Waals surface area contributed by atoms with Gasteiger partial charge in [-0.1, -0.05) is 55.1 Å². The Bertz CT molecular complexity index is 822. The highest BCUT2D eigenvalue weighted by Crippen LogP contribution is 2.21. The average Bonchev–Trinajstić information content (AvgIpc) is 2.69. The quantitative estimate of drug-likeness (QED) is 0.646. The van der Waals surface area contributed by atoms with Crippen LogP contribution in [0.15, 0.2) is 48.5 Å². The highest BCUT2D eigenvalue weighted by molar-refractivity contribution is 7.99. The van der Waals surface area contributed by atoms with Crippen LogP contribution in [0.3, 0.4) is 0 Å². The van der Waals surface area contributed by atoms with E-state index < -0.39 is 0 Å². The van der Waals surface area contributed by atoms with Crippen molar-refractivity contribution in [3.05, 3.63) is 64.7 Å². The lowest BCUT2D eigenvalue weighted by molar-refractivity contribution is -0.113. The Labute approximate surface area is 175 Å². The van der Waals surface area contributed by atoms with E-state index in [0.717, 1.165) is 31.2 Å². The van der Waals surface area contributed by atoms with E-state index in [4.69, 9.17) is 11.6 Å². The van der Waals surface area contributed by atoms with E-state index in [9.17, 15) is 9.59 Å². The fourth-order valence-electron chi connectivity index (χ4n) is 3.37. The van der Waals surface area contributed by atoms with E-state index in [2.05, 4.69) is 10.6 Å². The molecular formula is C22H25ClN2O2S. The van der Waals surface area contributed by atoms with E-state index >= 15 is 0 Å². The first-order valence-corrected chi connectivity index (χ1v) is 11.2. The van der Waals surface area contributed by atoms with Gasteiger partial charge >= 0.3 is 0 Å². The third-order valence-electron chi connectivity index (χ3n) is 4.78. The van der Waals surface area contributed by atoms with E-state index in [1.54, 1.807) is 12.1 Å². The second-order valence-corrected chi connectivity index (χ2v) is 8.45. The fourth-order valence-corrected chi connectivity index (χ4v) is 4.36. The number of hydrogen-bond acceptors (Lipinski definition) is 3. The minimum atomic E-state index is -0.120. The van der Waals surface area contributed by atoms with Gasteiger partial charge in [-0.3, -0.25) is 9.59 Å². The number of nitrogens with one attached hydrogen (secondary N) is 2. The van der Waals surface area contributed by atoms with Gasteiger partial charge in [0, 0.05) is 16.8 Å². The molecule has 0 spiro atoms. The van der Waals surface area contributed by atoms with Crippen molar-refractivity contribution in [2.75, 3.05) is 11.1 Å². The second kappa shape index (κ2) is 10.5. The minimum Gasteiger partial charge on any atom is -0.349 e. The molecule has 0 heterocycles. The van der Waals surface area contributed by atoms with Crippen LogP contribution >= 0.6 is 23.4 Å². The van der Waals surface area contributed by atoms with Gasteiger partial charge in [-0.05, 0) is 42.7 Å². The summed E-state index contributed by atoms with van der Waals surface area (Å²) >= 11 is 7.50. The first-order valence-electron chi connectivity index (χ1n) is 9.64. The lowest BCUT2D eigenvalue weighted by Gasteiger charge is -2.23. The highest BCUT2D eigenvalue weighted by atomic mass is 35.5. The molecule has 2 aromatic rings.